The van der Waals surface area contributed by atoms with Gasteiger partial charge in [-0.2, -0.15) is 0 Å². The van der Waals surface area contributed by atoms with E-state index >= 15 is 0 Å². The van der Waals surface area contributed by atoms with Crippen molar-refractivity contribution in [3.8, 4) is 0 Å². The second-order valence-electron chi connectivity index (χ2n) is 0.346. The van der Waals surface area contributed by atoms with Gasteiger partial charge in [0.25, 0.3) is 0 Å². The van der Waals surface area contributed by atoms with E-state index in [0.29, 0.717) is 0 Å². The zero-order valence-corrected chi connectivity index (χ0v) is 3.83. The molecule has 0 fully saturated rings. The van der Waals surface area contributed by atoms with Gasteiger partial charge >= 0.3 is 7.32 Å². The van der Waals surface area contributed by atoms with Crippen LogP contribution in [0.5, 0.6) is 0 Å². The van der Waals surface area contributed by atoms with Crippen molar-refractivity contribution in [2.24, 2.45) is 0 Å². The molecule has 39 valence electrons. The maximum Gasteiger partial charge on any atom is 0.631 e. The fourth-order valence-electron chi connectivity index (χ4n) is 0. The molecule has 0 aromatic rings. The van der Waals surface area contributed by atoms with Gasteiger partial charge in [0.1, 0.15) is 0 Å². The van der Waals surface area contributed by atoms with E-state index in [1.165, 1.54) is 0 Å². The number of rotatable bonds is 0. The fourth-order valence-corrected chi connectivity index (χ4v) is 0. The molecule has 0 bridgehead atoms. The van der Waals surface area contributed by atoms with E-state index in [9.17, 15) is 0 Å². The van der Waals surface area contributed by atoms with Crippen molar-refractivity contribution in [3.05, 3.63) is 0 Å². The van der Waals surface area contributed by atoms with Crippen molar-refractivity contribution in [2.75, 3.05) is 0 Å². The van der Waals surface area contributed by atoms with E-state index in [4.69, 9.17) is 15.1 Å². The Labute approximate surface area is 59.0 Å². The van der Waals surface area contributed by atoms with Gasteiger partial charge in [0.05, 0.1) is 0 Å². The van der Waals surface area contributed by atoms with Crippen LogP contribution in [0.1, 0.15) is 0 Å². The molecule has 5 heteroatoms. The molecule has 0 aliphatic carbocycles. The molecular weight excluding hydrogens is 234 g/mol. The third-order valence-electron chi connectivity index (χ3n) is 0. The van der Waals surface area contributed by atoms with Gasteiger partial charge in [-0.3, -0.25) is 0 Å². The average molecular weight is 237 g/mol. The first-order valence-corrected chi connectivity index (χ1v) is 0.775. The van der Waals surface area contributed by atoms with Crippen molar-refractivity contribution < 1.29 is 51.9 Å². The summed E-state index contributed by atoms with van der Waals surface area (Å²) in [5.74, 6) is 0. The van der Waals surface area contributed by atoms with Crippen molar-refractivity contribution in [1.29, 1.82) is 0 Å². The van der Waals surface area contributed by atoms with E-state index in [1.807, 2.05) is 0 Å². The van der Waals surface area contributed by atoms with Gasteiger partial charge in [-0.15, -0.1) is 0 Å². The number of hydrogen-bond donors (Lipinski definition) is 3. The Balaban J connectivity index is 0. The summed E-state index contributed by atoms with van der Waals surface area (Å²) in [4.78, 5) is 0. The van der Waals surface area contributed by atoms with Crippen LogP contribution in [0.25, 0.3) is 0 Å². The van der Waals surface area contributed by atoms with Crippen LogP contribution in [0.4, 0.5) is 0 Å². The van der Waals surface area contributed by atoms with Gasteiger partial charge in [-0.1, -0.05) is 0 Å². The van der Waals surface area contributed by atoms with Crippen LogP contribution >= 0.6 is 0 Å². The molecule has 0 rings (SSSR count). The monoisotopic (exact) mass is 237 g/mol. The molecule has 0 spiro atoms. The molecule has 0 heterocycles. The van der Waals surface area contributed by atoms with Gasteiger partial charge in [-0.05, 0) is 0 Å². The van der Waals surface area contributed by atoms with Crippen LogP contribution < -0.4 is 0 Å². The van der Waals surface area contributed by atoms with Crippen LogP contribution in [-0.4, -0.2) is 22.4 Å². The normalized spacial score (nSPS) is 5.40. The second-order valence-corrected chi connectivity index (χ2v) is 0.346. The molecule has 0 aromatic carbocycles. The molecule has 0 aromatic heterocycles. The summed E-state index contributed by atoms with van der Waals surface area (Å²) in [6.45, 7) is 0. The van der Waals surface area contributed by atoms with Gasteiger partial charge in [0.2, 0.25) is 0 Å². The zero-order chi connectivity index (χ0) is 3.58. The molecule has 0 aliphatic heterocycles. The molecule has 3 nitrogen and oxygen atoms in total. The van der Waals surface area contributed by atoms with Crippen LogP contribution in [0.2, 0.25) is 0 Å². The van der Waals surface area contributed by atoms with Gasteiger partial charge in [-0.25, -0.2) is 0 Å². The summed E-state index contributed by atoms with van der Waals surface area (Å²) in [6.07, 6.45) is 0. The van der Waals surface area contributed by atoms with Crippen LogP contribution in [-0.2, 0) is 0 Å². The molecular formula is H3BLuO3. The maximum atomic E-state index is 7.17. The molecule has 0 amide bonds. The van der Waals surface area contributed by atoms with Crippen molar-refractivity contribution >= 4 is 7.32 Å². The minimum atomic E-state index is -2.17. The average Bonchev–Trinajstić information content (AvgIpc) is 0.811. The van der Waals surface area contributed by atoms with Crippen molar-refractivity contribution in [3.63, 3.8) is 0 Å². The summed E-state index contributed by atoms with van der Waals surface area (Å²) >= 11 is 0. The van der Waals surface area contributed by atoms with E-state index in [2.05, 4.69) is 0 Å². The topological polar surface area (TPSA) is 60.7 Å². The van der Waals surface area contributed by atoms with E-state index in [-0.39, 0.29) is 36.9 Å². The standard InChI is InChI=1S/BH3O3.Lu/c2-1(3)4;/h2-4H;. The first-order chi connectivity index (χ1) is 1.73. The first-order valence-electron chi connectivity index (χ1n) is 0.775. The third-order valence-corrected chi connectivity index (χ3v) is 0. The van der Waals surface area contributed by atoms with Crippen molar-refractivity contribution in [2.45, 2.75) is 0 Å². The molecule has 3 N–H and O–H groups in total. The second kappa shape index (κ2) is 5.18. The zero-order valence-electron chi connectivity index (χ0n) is 2.18. The summed E-state index contributed by atoms with van der Waals surface area (Å²) in [5.41, 5.74) is 0. The van der Waals surface area contributed by atoms with Crippen LogP contribution in [0.15, 0.2) is 0 Å². The SMILES string of the molecule is OB(O)O.[Lu]. The molecule has 5 heavy (non-hydrogen) atoms. The Morgan fingerprint density at radius 1 is 1.00 bits per heavy atom. The summed E-state index contributed by atoms with van der Waals surface area (Å²) in [6, 6.07) is 0. The van der Waals surface area contributed by atoms with Crippen molar-refractivity contribution in [1.82, 2.24) is 0 Å². The summed E-state index contributed by atoms with van der Waals surface area (Å²) in [7, 11) is -2.17. The molecule has 1 radical (unpaired) electrons. The quantitative estimate of drug-likeness (QED) is 0.425. The molecule has 0 atom stereocenters. The minimum absolute atomic E-state index is 0. The Kier molecular flexibility index (Phi) is 9.83. The Morgan fingerprint density at radius 2 is 1.00 bits per heavy atom. The molecule has 0 unspecified atom stereocenters. The summed E-state index contributed by atoms with van der Waals surface area (Å²) < 4.78 is 0. The molecule has 0 aliphatic rings. The number of hydrogen-bond acceptors (Lipinski definition) is 3. The smallest absolute Gasteiger partial charge is 0.402 e. The van der Waals surface area contributed by atoms with Crippen LogP contribution in [0, 0.1) is 36.9 Å². The fraction of sp³-hybridized carbons (Fsp3) is 0. The first kappa shape index (κ1) is 9.49. The summed E-state index contributed by atoms with van der Waals surface area (Å²) in [5, 5.41) is 21.5. The Morgan fingerprint density at radius 3 is 1.00 bits per heavy atom. The van der Waals surface area contributed by atoms with E-state index < -0.39 is 7.32 Å². The third kappa shape index (κ3) is 37.7. The molecule has 0 saturated heterocycles. The van der Waals surface area contributed by atoms with Gasteiger partial charge in [0, 0.05) is 36.9 Å². The van der Waals surface area contributed by atoms with E-state index in [1.54, 1.807) is 0 Å². The Hall–Kier alpha value is 1.18. The largest absolute Gasteiger partial charge is 0.631 e. The predicted molar refractivity (Wildman–Crippen MR) is 12.4 cm³/mol. The Bertz CT molecular complexity index is 11.6. The predicted octanol–water partition coefficient (Wildman–Crippen LogP) is -2.05. The van der Waals surface area contributed by atoms with Gasteiger partial charge < -0.3 is 15.1 Å². The van der Waals surface area contributed by atoms with Crippen LogP contribution in [0.3, 0.4) is 0 Å². The van der Waals surface area contributed by atoms with Gasteiger partial charge in [0.15, 0.2) is 0 Å². The minimum Gasteiger partial charge on any atom is -0.402 e. The molecule has 0 saturated carbocycles. The maximum absolute atomic E-state index is 7.17. The van der Waals surface area contributed by atoms with E-state index in [0.717, 1.165) is 0 Å².